The van der Waals surface area contributed by atoms with E-state index < -0.39 is 5.97 Å². The number of carbonyl (C=O) groups is 2. The summed E-state index contributed by atoms with van der Waals surface area (Å²) in [4.78, 5) is 21.2. The fraction of sp³-hybridized carbons (Fsp3) is 0.714. The minimum absolute atomic E-state index is 0.0610. The lowest BCUT2D eigenvalue weighted by atomic mass is 10.4. The molecule has 5 heteroatoms. The average molecular weight is 175 g/mol. The normalized spacial score (nSPS) is 9.17. The summed E-state index contributed by atoms with van der Waals surface area (Å²) in [7, 11) is 1.28. The van der Waals surface area contributed by atoms with E-state index in [0.29, 0.717) is 0 Å². The molecule has 0 aliphatic rings. The van der Waals surface area contributed by atoms with E-state index in [1.165, 1.54) is 7.11 Å². The number of methoxy groups -OCH3 is 1. The molecule has 70 valence electrons. The fourth-order valence-electron chi connectivity index (χ4n) is 0.540. The number of nitrogens with two attached hydrogens (primary N) is 1. The molecule has 0 rings (SSSR count). The summed E-state index contributed by atoms with van der Waals surface area (Å²) in [6, 6.07) is 0. The Morgan fingerprint density at radius 2 is 1.92 bits per heavy atom. The Balaban J connectivity index is 3.30. The van der Waals surface area contributed by atoms with Crippen LogP contribution < -0.4 is 5.73 Å². The number of esters is 2. The lowest BCUT2D eigenvalue weighted by Gasteiger charge is -2.01. The third-order valence-corrected chi connectivity index (χ3v) is 1.15. The first-order chi connectivity index (χ1) is 5.70. The molecular weight excluding hydrogens is 162 g/mol. The minimum Gasteiger partial charge on any atom is -0.469 e. The molecule has 0 aliphatic carbocycles. The van der Waals surface area contributed by atoms with Gasteiger partial charge in [0.1, 0.15) is 6.61 Å². The average Bonchev–Trinajstić information content (AvgIpc) is 2.04. The van der Waals surface area contributed by atoms with Gasteiger partial charge in [-0.15, -0.1) is 0 Å². The highest BCUT2D eigenvalue weighted by Gasteiger charge is 2.03. The van der Waals surface area contributed by atoms with Crippen LogP contribution in [-0.4, -0.2) is 32.2 Å². The lowest BCUT2D eigenvalue weighted by molar-refractivity contribution is -0.147. The molecule has 0 heterocycles. The van der Waals surface area contributed by atoms with Crippen molar-refractivity contribution in [1.82, 2.24) is 0 Å². The van der Waals surface area contributed by atoms with Gasteiger partial charge in [-0.2, -0.15) is 0 Å². The van der Waals surface area contributed by atoms with E-state index in [-0.39, 0.29) is 32.0 Å². The maximum Gasteiger partial charge on any atom is 0.308 e. The molecule has 12 heavy (non-hydrogen) atoms. The van der Waals surface area contributed by atoms with Gasteiger partial charge in [0.25, 0.3) is 0 Å². The van der Waals surface area contributed by atoms with E-state index in [0.717, 1.165) is 0 Å². The van der Waals surface area contributed by atoms with Gasteiger partial charge in [-0.25, -0.2) is 0 Å². The van der Waals surface area contributed by atoms with Crippen LogP contribution in [0.5, 0.6) is 0 Å². The van der Waals surface area contributed by atoms with Crippen molar-refractivity contribution in [2.45, 2.75) is 12.8 Å². The van der Waals surface area contributed by atoms with Crippen LogP contribution in [0, 0.1) is 0 Å². The maximum atomic E-state index is 10.7. The molecule has 0 spiro atoms. The Morgan fingerprint density at radius 3 is 2.42 bits per heavy atom. The quantitative estimate of drug-likeness (QED) is 0.567. The summed E-state index contributed by atoms with van der Waals surface area (Å²) in [5.41, 5.74) is 5.09. The summed E-state index contributed by atoms with van der Waals surface area (Å²) in [6.45, 7) is 0.322. The molecule has 0 unspecified atom stereocenters. The van der Waals surface area contributed by atoms with Crippen LogP contribution in [0.15, 0.2) is 0 Å². The van der Waals surface area contributed by atoms with Gasteiger partial charge >= 0.3 is 11.9 Å². The monoisotopic (exact) mass is 175 g/mol. The number of hydrogen-bond acceptors (Lipinski definition) is 5. The zero-order valence-corrected chi connectivity index (χ0v) is 7.04. The van der Waals surface area contributed by atoms with Crippen LogP contribution in [-0.2, 0) is 19.1 Å². The minimum atomic E-state index is -0.393. The van der Waals surface area contributed by atoms with Crippen molar-refractivity contribution < 1.29 is 19.1 Å². The molecule has 0 bridgehead atoms. The highest BCUT2D eigenvalue weighted by molar-refractivity contribution is 5.71. The van der Waals surface area contributed by atoms with E-state index >= 15 is 0 Å². The first kappa shape index (κ1) is 10.9. The van der Waals surface area contributed by atoms with Crippen molar-refractivity contribution in [3.8, 4) is 0 Å². The SMILES string of the molecule is COC(=O)CCOC(=O)CCN. The zero-order chi connectivity index (χ0) is 9.40. The number of rotatable bonds is 5. The second-order valence-corrected chi connectivity index (χ2v) is 2.09. The van der Waals surface area contributed by atoms with E-state index in [1.807, 2.05) is 0 Å². The zero-order valence-electron chi connectivity index (χ0n) is 7.04. The molecule has 2 N–H and O–H groups in total. The predicted molar refractivity (Wildman–Crippen MR) is 41.3 cm³/mol. The maximum absolute atomic E-state index is 10.7. The van der Waals surface area contributed by atoms with Crippen molar-refractivity contribution in [3.05, 3.63) is 0 Å². The van der Waals surface area contributed by atoms with Gasteiger partial charge < -0.3 is 15.2 Å². The predicted octanol–water partition coefficient (Wildman–Crippen LogP) is -0.558. The van der Waals surface area contributed by atoms with Gasteiger partial charge in [-0.3, -0.25) is 9.59 Å². The molecule has 5 nitrogen and oxygen atoms in total. The van der Waals surface area contributed by atoms with Crippen LogP contribution >= 0.6 is 0 Å². The number of carbonyl (C=O) groups excluding carboxylic acids is 2. The van der Waals surface area contributed by atoms with Crippen molar-refractivity contribution in [2.24, 2.45) is 5.73 Å². The Labute approximate surface area is 70.8 Å². The van der Waals surface area contributed by atoms with Crippen LogP contribution in [0.3, 0.4) is 0 Å². The van der Waals surface area contributed by atoms with E-state index in [1.54, 1.807) is 0 Å². The van der Waals surface area contributed by atoms with Crippen LogP contribution in [0.25, 0.3) is 0 Å². The Hall–Kier alpha value is -1.10. The molecule has 0 aromatic carbocycles. The lowest BCUT2D eigenvalue weighted by Crippen LogP contribution is -2.14. The van der Waals surface area contributed by atoms with E-state index in [9.17, 15) is 9.59 Å². The van der Waals surface area contributed by atoms with Crippen LogP contribution in [0.2, 0.25) is 0 Å². The number of hydrogen-bond donors (Lipinski definition) is 1. The second kappa shape index (κ2) is 6.60. The molecule has 0 aromatic heterocycles. The van der Waals surface area contributed by atoms with Gasteiger partial charge in [0, 0.05) is 6.54 Å². The van der Waals surface area contributed by atoms with E-state index in [4.69, 9.17) is 5.73 Å². The van der Waals surface area contributed by atoms with E-state index in [2.05, 4.69) is 9.47 Å². The third-order valence-electron chi connectivity index (χ3n) is 1.15. The van der Waals surface area contributed by atoms with Gasteiger partial charge in [0.05, 0.1) is 20.0 Å². The largest absolute Gasteiger partial charge is 0.469 e. The van der Waals surface area contributed by atoms with Crippen molar-refractivity contribution in [3.63, 3.8) is 0 Å². The van der Waals surface area contributed by atoms with Gasteiger partial charge in [0.15, 0.2) is 0 Å². The summed E-state index contributed by atoms with van der Waals surface area (Å²) < 4.78 is 8.97. The topological polar surface area (TPSA) is 78.6 Å². The first-order valence-electron chi connectivity index (χ1n) is 3.63. The van der Waals surface area contributed by atoms with Crippen molar-refractivity contribution in [1.29, 1.82) is 0 Å². The molecule has 0 fully saturated rings. The Bertz CT molecular complexity index is 157. The summed E-state index contributed by atoms with van der Waals surface area (Å²) in [6.07, 6.45) is 0.272. The highest BCUT2D eigenvalue weighted by Crippen LogP contribution is 1.89. The fourth-order valence-corrected chi connectivity index (χ4v) is 0.540. The number of ether oxygens (including phenoxy) is 2. The summed E-state index contributed by atoms with van der Waals surface area (Å²) in [5, 5.41) is 0. The first-order valence-corrected chi connectivity index (χ1v) is 3.63. The van der Waals surface area contributed by atoms with Gasteiger partial charge in [-0.1, -0.05) is 0 Å². The summed E-state index contributed by atoms with van der Waals surface area (Å²) >= 11 is 0. The van der Waals surface area contributed by atoms with Crippen molar-refractivity contribution >= 4 is 11.9 Å². The van der Waals surface area contributed by atoms with Crippen LogP contribution in [0.4, 0.5) is 0 Å². The Morgan fingerprint density at radius 1 is 1.25 bits per heavy atom. The smallest absolute Gasteiger partial charge is 0.308 e. The van der Waals surface area contributed by atoms with Gasteiger partial charge in [0.2, 0.25) is 0 Å². The molecule has 0 saturated carbocycles. The molecular formula is C7H13NO4. The molecule has 0 aliphatic heterocycles. The van der Waals surface area contributed by atoms with Crippen molar-refractivity contribution in [2.75, 3.05) is 20.3 Å². The molecule has 0 aromatic rings. The highest BCUT2D eigenvalue weighted by atomic mass is 16.5. The van der Waals surface area contributed by atoms with Crippen LogP contribution in [0.1, 0.15) is 12.8 Å². The summed E-state index contributed by atoms with van der Waals surface area (Å²) in [5.74, 6) is -0.781. The van der Waals surface area contributed by atoms with Gasteiger partial charge in [-0.05, 0) is 0 Å². The molecule has 0 amide bonds. The third kappa shape index (κ3) is 5.67. The Kier molecular flexibility index (Phi) is 6.00. The molecule has 0 radical (unpaired) electrons. The standard InChI is InChI=1S/C7H13NO4/c1-11-6(9)3-5-12-7(10)2-4-8/h2-5,8H2,1H3. The molecule has 0 saturated heterocycles. The second-order valence-electron chi connectivity index (χ2n) is 2.09. The molecule has 0 atom stereocenters.